The minimum atomic E-state index is -0.721. The second kappa shape index (κ2) is 8.89. The number of ether oxygens (including phenoxy) is 1. The Bertz CT molecular complexity index is 993. The van der Waals surface area contributed by atoms with E-state index in [2.05, 4.69) is 0 Å². The SMILES string of the molecule is COC(=O)c1cc(SCc2ccccc2)c(N)c(F)c1Cc1ccccc1F. The Hall–Kier alpha value is -2.86. The molecule has 0 spiro atoms. The van der Waals surface area contributed by atoms with E-state index in [0.717, 1.165) is 5.56 Å². The Labute approximate surface area is 166 Å². The van der Waals surface area contributed by atoms with Gasteiger partial charge in [0.2, 0.25) is 0 Å². The number of halogens is 2. The van der Waals surface area contributed by atoms with Gasteiger partial charge in [-0.05, 0) is 23.3 Å². The number of nitrogens with two attached hydrogens (primary N) is 1. The molecule has 0 amide bonds. The number of anilines is 1. The molecule has 0 heterocycles. The molecule has 0 aliphatic heterocycles. The topological polar surface area (TPSA) is 52.3 Å². The zero-order valence-electron chi connectivity index (χ0n) is 15.2. The van der Waals surface area contributed by atoms with Gasteiger partial charge < -0.3 is 10.5 Å². The van der Waals surface area contributed by atoms with Gasteiger partial charge >= 0.3 is 5.97 Å². The molecule has 0 saturated heterocycles. The minimum Gasteiger partial charge on any atom is -0.465 e. The first kappa shape index (κ1) is 19.9. The summed E-state index contributed by atoms with van der Waals surface area (Å²) >= 11 is 1.33. The second-order valence-corrected chi connectivity index (χ2v) is 7.18. The van der Waals surface area contributed by atoms with Gasteiger partial charge in [-0.1, -0.05) is 48.5 Å². The maximum Gasteiger partial charge on any atom is 0.338 e. The Morgan fingerprint density at radius 2 is 1.75 bits per heavy atom. The van der Waals surface area contributed by atoms with Gasteiger partial charge in [0.05, 0.1) is 18.4 Å². The van der Waals surface area contributed by atoms with Crippen molar-refractivity contribution in [3.05, 3.63) is 94.6 Å². The van der Waals surface area contributed by atoms with Crippen LogP contribution in [0.15, 0.2) is 65.6 Å². The summed E-state index contributed by atoms with van der Waals surface area (Å²) in [5.74, 6) is -1.31. The van der Waals surface area contributed by atoms with E-state index in [-0.39, 0.29) is 28.8 Å². The fourth-order valence-electron chi connectivity index (χ4n) is 2.84. The average molecular weight is 399 g/mol. The molecular weight excluding hydrogens is 380 g/mol. The highest BCUT2D eigenvalue weighted by Crippen LogP contribution is 2.35. The number of hydrogen-bond acceptors (Lipinski definition) is 4. The molecule has 3 aromatic carbocycles. The summed E-state index contributed by atoms with van der Waals surface area (Å²) in [7, 11) is 1.22. The highest BCUT2D eigenvalue weighted by atomic mass is 32.2. The molecule has 2 N–H and O–H groups in total. The van der Waals surface area contributed by atoms with Crippen LogP contribution in [-0.4, -0.2) is 13.1 Å². The summed E-state index contributed by atoms with van der Waals surface area (Å²) in [5, 5.41) is 0. The van der Waals surface area contributed by atoms with Crippen molar-refractivity contribution < 1.29 is 18.3 Å². The van der Waals surface area contributed by atoms with Crippen molar-refractivity contribution in [3.8, 4) is 0 Å². The van der Waals surface area contributed by atoms with Gasteiger partial charge in [-0.15, -0.1) is 11.8 Å². The monoisotopic (exact) mass is 399 g/mol. The van der Waals surface area contributed by atoms with Crippen LogP contribution in [0, 0.1) is 11.6 Å². The summed E-state index contributed by atoms with van der Waals surface area (Å²) in [5.41, 5.74) is 7.35. The van der Waals surface area contributed by atoms with Crippen LogP contribution in [0.2, 0.25) is 0 Å². The van der Waals surface area contributed by atoms with Crippen molar-refractivity contribution in [1.82, 2.24) is 0 Å². The molecule has 0 bridgehead atoms. The number of thioether (sulfide) groups is 1. The van der Waals surface area contributed by atoms with E-state index >= 15 is 4.39 Å². The zero-order valence-corrected chi connectivity index (χ0v) is 16.1. The van der Waals surface area contributed by atoms with Crippen molar-refractivity contribution in [3.63, 3.8) is 0 Å². The number of carbonyl (C=O) groups excluding carboxylic acids is 1. The number of carbonyl (C=O) groups is 1. The lowest BCUT2D eigenvalue weighted by molar-refractivity contribution is 0.0598. The van der Waals surface area contributed by atoms with E-state index in [9.17, 15) is 9.18 Å². The maximum absolute atomic E-state index is 15.1. The Morgan fingerprint density at radius 3 is 2.43 bits per heavy atom. The predicted molar refractivity (Wildman–Crippen MR) is 107 cm³/mol. The van der Waals surface area contributed by atoms with E-state index in [4.69, 9.17) is 10.5 Å². The van der Waals surface area contributed by atoms with Gasteiger partial charge in [0.15, 0.2) is 5.82 Å². The second-order valence-electron chi connectivity index (χ2n) is 6.16. The molecule has 3 aromatic rings. The molecule has 0 aliphatic carbocycles. The van der Waals surface area contributed by atoms with Gasteiger partial charge in [-0.3, -0.25) is 0 Å². The summed E-state index contributed by atoms with van der Waals surface area (Å²) in [6, 6.07) is 17.2. The number of benzene rings is 3. The molecule has 0 saturated carbocycles. The molecule has 0 unspecified atom stereocenters. The standard InChI is InChI=1S/C22H19F2NO2S/c1-27-22(26)17-12-19(28-13-14-7-3-2-4-8-14)21(25)20(24)16(17)11-15-9-5-6-10-18(15)23/h2-10,12H,11,13,25H2,1H3. The molecule has 0 fully saturated rings. The van der Waals surface area contributed by atoms with Gasteiger partial charge in [-0.25, -0.2) is 13.6 Å². The molecule has 28 heavy (non-hydrogen) atoms. The fraction of sp³-hybridized carbons (Fsp3) is 0.136. The zero-order chi connectivity index (χ0) is 20.1. The van der Waals surface area contributed by atoms with Crippen LogP contribution in [0.3, 0.4) is 0 Å². The molecule has 144 valence electrons. The normalized spacial score (nSPS) is 10.7. The molecule has 0 aliphatic rings. The van der Waals surface area contributed by atoms with Crippen LogP contribution < -0.4 is 5.73 Å². The highest BCUT2D eigenvalue weighted by molar-refractivity contribution is 7.98. The quantitative estimate of drug-likeness (QED) is 0.351. The van der Waals surface area contributed by atoms with Crippen LogP contribution in [0.25, 0.3) is 0 Å². The van der Waals surface area contributed by atoms with E-state index in [1.165, 1.54) is 31.0 Å². The van der Waals surface area contributed by atoms with Crippen molar-refractivity contribution in [2.75, 3.05) is 12.8 Å². The van der Waals surface area contributed by atoms with Gasteiger partial charge in [-0.2, -0.15) is 0 Å². The molecule has 0 atom stereocenters. The van der Waals surface area contributed by atoms with Crippen molar-refractivity contribution in [2.45, 2.75) is 17.1 Å². The lowest BCUT2D eigenvalue weighted by Crippen LogP contribution is -2.12. The molecule has 3 rings (SSSR count). The fourth-order valence-corrected chi connectivity index (χ4v) is 3.80. The van der Waals surface area contributed by atoms with E-state index in [1.807, 2.05) is 30.3 Å². The molecule has 6 heteroatoms. The third-order valence-corrected chi connectivity index (χ3v) is 5.46. The van der Waals surface area contributed by atoms with E-state index < -0.39 is 17.6 Å². The van der Waals surface area contributed by atoms with Gasteiger partial charge in [0, 0.05) is 22.6 Å². The number of rotatable bonds is 6. The van der Waals surface area contributed by atoms with Crippen LogP contribution in [0.5, 0.6) is 0 Å². The number of nitrogen functional groups attached to an aromatic ring is 1. The Balaban J connectivity index is 1.99. The summed E-state index contributed by atoms with van der Waals surface area (Å²) in [6.07, 6.45) is -0.100. The lowest BCUT2D eigenvalue weighted by atomic mass is 9.98. The first-order valence-corrected chi connectivity index (χ1v) is 9.59. The van der Waals surface area contributed by atoms with Crippen LogP contribution in [0.4, 0.5) is 14.5 Å². The van der Waals surface area contributed by atoms with Crippen LogP contribution >= 0.6 is 11.8 Å². The molecule has 0 aromatic heterocycles. The molecular formula is C22H19F2NO2S. The van der Waals surface area contributed by atoms with Crippen LogP contribution in [-0.2, 0) is 16.9 Å². The van der Waals surface area contributed by atoms with Gasteiger partial charge in [0.1, 0.15) is 5.82 Å². The Morgan fingerprint density at radius 1 is 1.07 bits per heavy atom. The largest absolute Gasteiger partial charge is 0.465 e. The summed E-state index contributed by atoms with van der Waals surface area (Å²) < 4.78 is 33.9. The third-order valence-electron chi connectivity index (χ3n) is 4.33. The van der Waals surface area contributed by atoms with Crippen molar-refractivity contribution in [2.24, 2.45) is 0 Å². The molecule has 0 radical (unpaired) electrons. The average Bonchev–Trinajstić information content (AvgIpc) is 2.72. The number of methoxy groups -OCH3 is 1. The maximum atomic E-state index is 15.1. The first-order chi connectivity index (χ1) is 13.5. The van der Waals surface area contributed by atoms with E-state index in [1.54, 1.807) is 18.2 Å². The number of hydrogen-bond donors (Lipinski definition) is 1. The smallest absolute Gasteiger partial charge is 0.338 e. The first-order valence-electron chi connectivity index (χ1n) is 8.60. The molecule has 3 nitrogen and oxygen atoms in total. The minimum absolute atomic E-state index is 0.0264. The Kier molecular flexibility index (Phi) is 6.31. The van der Waals surface area contributed by atoms with Crippen molar-refractivity contribution in [1.29, 1.82) is 0 Å². The predicted octanol–water partition coefficient (Wildman–Crippen LogP) is 5.22. The number of esters is 1. The summed E-state index contributed by atoms with van der Waals surface area (Å²) in [6.45, 7) is 0. The highest BCUT2D eigenvalue weighted by Gasteiger charge is 2.22. The van der Waals surface area contributed by atoms with Crippen LogP contribution in [0.1, 0.15) is 27.0 Å². The third kappa shape index (κ3) is 4.34. The van der Waals surface area contributed by atoms with Gasteiger partial charge in [0.25, 0.3) is 0 Å². The van der Waals surface area contributed by atoms with E-state index in [0.29, 0.717) is 10.6 Å². The summed E-state index contributed by atoms with van der Waals surface area (Å²) in [4.78, 5) is 12.7. The van der Waals surface area contributed by atoms with Crippen molar-refractivity contribution >= 4 is 23.4 Å². The lowest BCUT2D eigenvalue weighted by Gasteiger charge is -2.15.